The summed E-state index contributed by atoms with van der Waals surface area (Å²) in [5.41, 5.74) is 0.842. The molecular formula is C18H23NO3. The van der Waals surface area contributed by atoms with Gasteiger partial charge < -0.3 is 4.74 Å². The molecule has 0 saturated carbocycles. The molecule has 0 aromatic heterocycles. The smallest absolute Gasteiger partial charge is 0.415 e. The second kappa shape index (κ2) is 5.95. The van der Waals surface area contributed by atoms with E-state index in [-0.39, 0.29) is 11.7 Å². The molecule has 0 saturated heterocycles. The first-order chi connectivity index (χ1) is 10.2. The summed E-state index contributed by atoms with van der Waals surface area (Å²) in [6.07, 6.45) is 1.07. The van der Waals surface area contributed by atoms with Gasteiger partial charge in [0, 0.05) is 6.08 Å². The second-order valence-electron chi connectivity index (χ2n) is 6.84. The fourth-order valence-electron chi connectivity index (χ4n) is 2.55. The largest absolute Gasteiger partial charge is 0.443 e. The lowest BCUT2D eigenvalue weighted by Crippen LogP contribution is -2.44. The molecule has 1 aliphatic rings. The van der Waals surface area contributed by atoms with Crippen LogP contribution in [0.3, 0.4) is 0 Å². The molecule has 118 valence electrons. The Kier molecular flexibility index (Phi) is 4.40. The lowest BCUT2D eigenvalue weighted by Gasteiger charge is -2.31. The predicted octanol–water partition coefficient (Wildman–Crippen LogP) is 3.87. The van der Waals surface area contributed by atoms with Crippen LogP contribution in [0.4, 0.5) is 4.79 Å². The van der Waals surface area contributed by atoms with Crippen molar-refractivity contribution in [1.82, 2.24) is 4.90 Å². The van der Waals surface area contributed by atoms with E-state index in [0.29, 0.717) is 5.70 Å². The van der Waals surface area contributed by atoms with Crippen molar-refractivity contribution in [2.45, 2.75) is 46.3 Å². The van der Waals surface area contributed by atoms with Crippen molar-refractivity contribution >= 4 is 17.6 Å². The number of benzene rings is 1. The lowest BCUT2D eigenvalue weighted by atomic mass is 10.0. The normalized spacial score (nSPS) is 18.6. The summed E-state index contributed by atoms with van der Waals surface area (Å²) in [6, 6.07) is 8.94. The highest BCUT2D eigenvalue weighted by Crippen LogP contribution is 2.33. The van der Waals surface area contributed by atoms with Gasteiger partial charge in [-0.2, -0.15) is 0 Å². The monoisotopic (exact) mass is 301 g/mol. The van der Waals surface area contributed by atoms with Crippen LogP contribution >= 0.6 is 0 Å². The highest BCUT2D eigenvalue weighted by Gasteiger charge is 2.41. The summed E-state index contributed by atoms with van der Waals surface area (Å²) in [7, 11) is 0. The van der Waals surface area contributed by atoms with Crippen LogP contribution in [0, 0.1) is 5.92 Å². The number of rotatable bonds is 2. The second-order valence-corrected chi connectivity index (χ2v) is 6.84. The molecule has 0 fully saturated rings. The standard InChI is InChI=1S/C18H23NO3/c1-12(2)16-15(20)11-14(13-9-7-6-8-10-13)19(16)17(21)22-18(3,4)5/h6-12,16H,1-5H3/t16-/m0/s1. The maximum Gasteiger partial charge on any atom is 0.415 e. The van der Waals surface area contributed by atoms with Crippen LogP contribution < -0.4 is 0 Å². The highest BCUT2D eigenvalue weighted by molar-refractivity contribution is 6.09. The number of amides is 1. The van der Waals surface area contributed by atoms with E-state index in [1.165, 1.54) is 4.90 Å². The highest BCUT2D eigenvalue weighted by atomic mass is 16.6. The molecule has 2 rings (SSSR count). The van der Waals surface area contributed by atoms with Crippen LogP contribution in [0.1, 0.15) is 40.2 Å². The van der Waals surface area contributed by atoms with Crippen LogP contribution in [-0.4, -0.2) is 28.4 Å². The van der Waals surface area contributed by atoms with Crippen LogP contribution in [0.15, 0.2) is 36.4 Å². The van der Waals surface area contributed by atoms with Crippen LogP contribution in [-0.2, 0) is 9.53 Å². The molecule has 1 atom stereocenters. The van der Waals surface area contributed by atoms with E-state index in [4.69, 9.17) is 4.74 Å². The van der Waals surface area contributed by atoms with E-state index >= 15 is 0 Å². The number of ketones is 1. The zero-order chi connectivity index (χ0) is 16.5. The third-order valence-corrected chi connectivity index (χ3v) is 3.40. The maximum absolute atomic E-state index is 12.6. The fraction of sp³-hybridized carbons (Fsp3) is 0.444. The van der Waals surface area contributed by atoms with Crippen molar-refractivity contribution in [1.29, 1.82) is 0 Å². The molecule has 4 nitrogen and oxygen atoms in total. The Morgan fingerprint density at radius 3 is 2.27 bits per heavy atom. The van der Waals surface area contributed by atoms with Gasteiger partial charge in [-0.05, 0) is 32.3 Å². The average molecular weight is 301 g/mol. The third-order valence-electron chi connectivity index (χ3n) is 3.40. The topological polar surface area (TPSA) is 46.6 Å². The van der Waals surface area contributed by atoms with Gasteiger partial charge in [-0.15, -0.1) is 0 Å². The molecule has 0 unspecified atom stereocenters. The van der Waals surface area contributed by atoms with Crippen LogP contribution in [0.25, 0.3) is 5.70 Å². The number of carbonyl (C=O) groups excluding carboxylic acids is 2. The van der Waals surface area contributed by atoms with Gasteiger partial charge in [0.2, 0.25) is 0 Å². The van der Waals surface area contributed by atoms with Gasteiger partial charge in [-0.25, -0.2) is 4.79 Å². The third kappa shape index (κ3) is 3.38. The molecule has 1 amide bonds. The molecule has 4 heteroatoms. The first-order valence-corrected chi connectivity index (χ1v) is 7.54. The number of hydrogen-bond acceptors (Lipinski definition) is 3. The van der Waals surface area contributed by atoms with Crippen molar-refractivity contribution in [3.8, 4) is 0 Å². The summed E-state index contributed by atoms with van der Waals surface area (Å²) in [4.78, 5) is 26.5. The van der Waals surface area contributed by atoms with Gasteiger partial charge in [0.1, 0.15) is 11.6 Å². The molecule has 0 bridgehead atoms. The zero-order valence-electron chi connectivity index (χ0n) is 13.8. The van der Waals surface area contributed by atoms with E-state index in [2.05, 4.69) is 0 Å². The maximum atomic E-state index is 12.6. The molecule has 0 radical (unpaired) electrons. The van der Waals surface area contributed by atoms with Gasteiger partial charge in [-0.3, -0.25) is 9.69 Å². The lowest BCUT2D eigenvalue weighted by molar-refractivity contribution is -0.118. The Bertz CT molecular complexity index is 597. The van der Waals surface area contributed by atoms with Crippen molar-refractivity contribution < 1.29 is 14.3 Å². The molecule has 1 aromatic rings. The van der Waals surface area contributed by atoms with E-state index < -0.39 is 17.7 Å². The summed E-state index contributed by atoms with van der Waals surface area (Å²) in [5.74, 6) is -0.0443. The Morgan fingerprint density at radius 2 is 1.77 bits per heavy atom. The minimum atomic E-state index is -0.605. The summed E-state index contributed by atoms with van der Waals surface area (Å²) in [6.45, 7) is 9.32. The average Bonchev–Trinajstić information content (AvgIpc) is 2.75. The minimum absolute atomic E-state index is 0.0116. The van der Waals surface area contributed by atoms with Crippen LogP contribution in [0.5, 0.6) is 0 Å². The summed E-state index contributed by atoms with van der Waals surface area (Å²) < 4.78 is 5.50. The Hall–Kier alpha value is -2.10. The number of nitrogens with zero attached hydrogens (tertiary/aromatic N) is 1. The Labute approximate surface area is 131 Å². The van der Waals surface area contributed by atoms with Crippen molar-refractivity contribution in [2.24, 2.45) is 5.92 Å². The molecule has 1 aromatic carbocycles. The number of hydrogen-bond donors (Lipinski definition) is 0. The van der Waals surface area contributed by atoms with Gasteiger partial charge in [-0.1, -0.05) is 44.2 Å². The molecule has 0 N–H and O–H groups in total. The van der Waals surface area contributed by atoms with Crippen molar-refractivity contribution in [3.05, 3.63) is 42.0 Å². The molecule has 22 heavy (non-hydrogen) atoms. The Balaban J connectivity index is 2.41. The molecule has 0 spiro atoms. The molecule has 0 aliphatic carbocycles. The van der Waals surface area contributed by atoms with E-state index in [1.807, 2.05) is 65.0 Å². The van der Waals surface area contributed by atoms with Crippen molar-refractivity contribution in [3.63, 3.8) is 0 Å². The van der Waals surface area contributed by atoms with Crippen molar-refractivity contribution in [2.75, 3.05) is 0 Å². The van der Waals surface area contributed by atoms with Gasteiger partial charge in [0.15, 0.2) is 5.78 Å². The predicted molar refractivity (Wildman–Crippen MR) is 86.1 cm³/mol. The van der Waals surface area contributed by atoms with Crippen LogP contribution in [0.2, 0.25) is 0 Å². The van der Waals surface area contributed by atoms with Gasteiger partial charge >= 0.3 is 6.09 Å². The number of ether oxygens (including phenoxy) is 1. The van der Waals surface area contributed by atoms with Gasteiger partial charge in [0.05, 0.1) is 5.70 Å². The van der Waals surface area contributed by atoms with Gasteiger partial charge in [0.25, 0.3) is 0 Å². The Morgan fingerprint density at radius 1 is 1.18 bits per heavy atom. The zero-order valence-corrected chi connectivity index (χ0v) is 13.8. The summed E-state index contributed by atoms with van der Waals surface area (Å²) >= 11 is 0. The quantitative estimate of drug-likeness (QED) is 0.833. The van der Waals surface area contributed by atoms with E-state index in [0.717, 1.165) is 5.56 Å². The van der Waals surface area contributed by atoms with E-state index in [1.54, 1.807) is 6.08 Å². The molecular weight excluding hydrogens is 278 g/mol. The first-order valence-electron chi connectivity index (χ1n) is 7.54. The summed E-state index contributed by atoms with van der Waals surface area (Å²) in [5, 5.41) is 0. The fourth-order valence-corrected chi connectivity index (χ4v) is 2.55. The first kappa shape index (κ1) is 16.3. The number of carbonyl (C=O) groups is 2. The molecule has 1 heterocycles. The minimum Gasteiger partial charge on any atom is -0.443 e. The SMILES string of the molecule is CC(C)[C@H]1C(=O)C=C(c2ccccc2)N1C(=O)OC(C)(C)C. The molecule has 1 aliphatic heterocycles. The van der Waals surface area contributed by atoms with E-state index in [9.17, 15) is 9.59 Å².